The molecule has 0 spiro atoms. The van der Waals surface area contributed by atoms with Crippen LogP contribution in [0.1, 0.15) is 54.3 Å². The van der Waals surface area contributed by atoms with Crippen LogP contribution in [0.15, 0.2) is 97.6 Å². The van der Waals surface area contributed by atoms with E-state index in [-0.39, 0.29) is 17.4 Å². The van der Waals surface area contributed by atoms with Gasteiger partial charge >= 0.3 is 5.97 Å². The number of carbonyl (C=O) groups excluding carboxylic acids is 1. The van der Waals surface area contributed by atoms with Crippen LogP contribution in [0.5, 0.6) is 0 Å². The lowest BCUT2D eigenvalue weighted by atomic mass is 9.95. The molecule has 1 heterocycles. The first kappa shape index (κ1) is 28.2. The first-order valence-corrected chi connectivity index (χ1v) is 12.9. The summed E-state index contributed by atoms with van der Waals surface area (Å²) in [6, 6.07) is 24.5. The maximum atomic E-state index is 13.3. The van der Waals surface area contributed by atoms with E-state index in [4.69, 9.17) is 18.9 Å². The average Bonchev–Trinajstić information content (AvgIpc) is 3.27. The quantitative estimate of drug-likeness (QED) is 0.113. The van der Waals surface area contributed by atoms with Crippen molar-refractivity contribution in [2.45, 2.75) is 63.5 Å². The zero-order valence-corrected chi connectivity index (χ0v) is 22.1. The van der Waals surface area contributed by atoms with Crippen LogP contribution in [0.2, 0.25) is 0 Å². The van der Waals surface area contributed by atoms with E-state index in [0.717, 1.165) is 11.1 Å². The van der Waals surface area contributed by atoms with Crippen LogP contribution in [-0.2, 0) is 25.6 Å². The summed E-state index contributed by atoms with van der Waals surface area (Å²) in [6.45, 7) is 7.88. The van der Waals surface area contributed by atoms with E-state index < -0.39 is 35.0 Å². The van der Waals surface area contributed by atoms with Crippen LogP contribution < -0.4 is 0 Å². The van der Waals surface area contributed by atoms with E-state index in [9.17, 15) is 14.9 Å². The molecule has 0 aromatic heterocycles. The third-order valence-electron chi connectivity index (χ3n) is 6.47. The summed E-state index contributed by atoms with van der Waals surface area (Å²) in [7, 11) is 0. The first-order valence-electron chi connectivity index (χ1n) is 12.9. The number of non-ortho nitro benzene ring substituents is 1. The number of nitro benzene ring substituents is 1. The minimum absolute atomic E-state index is 0.110. The molecule has 1 aliphatic rings. The Morgan fingerprint density at radius 1 is 1.00 bits per heavy atom. The standard InChI is InChI=1S/C31H33NO7/c1-4-5-16-26(36-21-22-12-8-6-9-13-22)28-29(39-31(2,3)38-28)27(23-14-10-7-11-15-23)37-30(33)24-17-19-25(20-18-24)32(34)35/h4,6-15,17-20,26-29H,1,5,16,21H2,2-3H3/t26-,27-,28+,29+/m0/s1. The normalized spacial score (nSPS) is 19.6. The predicted molar refractivity (Wildman–Crippen MR) is 146 cm³/mol. The van der Waals surface area contributed by atoms with Gasteiger partial charge in [-0.15, -0.1) is 6.58 Å². The molecule has 1 fully saturated rings. The van der Waals surface area contributed by atoms with Gasteiger partial charge in [0.25, 0.3) is 5.69 Å². The fourth-order valence-corrected chi connectivity index (χ4v) is 4.61. The van der Waals surface area contributed by atoms with Crippen molar-refractivity contribution >= 4 is 11.7 Å². The summed E-state index contributed by atoms with van der Waals surface area (Å²) >= 11 is 0. The molecular weight excluding hydrogens is 498 g/mol. The lowest BCUT2D eigenvalue weighted by Gasteiger charge is -2.31. The lowest BCUT2D eigenvalue weighted by Crippen LogP contribution is -2.41. The molecule has 4 rings (SSSR count). The maximum Gasteiger partial charge on any atom is 0.338 e. The molecule has 8 nitrogen and oxygen atoms in total. The molecule has 3 aromatic rings. The third-order valence-corrected chi connectivity index (χ3v) is 6.47. The van der Waals surface area contributed by atoms with Gasteiger partial charge in [-0.3, -0.25) is 10.1 Å². The Labute approximate surface area is 228 Å². The molecule has 0 amide bonds. The van der Waals surface area contributed by atoms with Gasteiger partial charge in [0.2, 0.25) is 0 Å². The number of rotatable bonds is 12. The Bertz CT molecular complexity index is 1240. The molecule has 204 valence electrons. The van der Waals surface area contributed by atoms with E-state index in [0.29, 0.717) is 19.4 Å². The number of ether oxygens (including phenoxy) is 4. The second kappa shape index (κ2) is 12.8. The number of carbonyl (C=O) groups is 1. The molecule has 1 aliphatic heterocycles. The van der Waals surface area contributed by atoms with Crippen LogP contribution >= 0.6 is 0 Å². The molecule has 8 heteroatoms. The van der Waals surface area contributed by atoms with Gasteiger partial charge in [0.05, 0.1) is 23.2 Å². The Balaban J connectivity index is 1.63. The van der Waals surface area contributed by atoms with Gasteiger partial charge in [-0.1, -0.05) is 66.7 Å². The summed E-state index contributed by atoms with van der Waals surface area (Å²) in [5.74, 6) is -1.58. The maximum absolute atomic E-state index is 13.3. The van der Waals surface area contributed by atoms with Crippen molar-refractivity contribution in [3.05, 3.63) is 124 Å². The van der Waals surface area contributed by atoms with Gasteiger partial charge in [0, 0.05) is 12.1 Å². The first-order chi connectivity index (χ1) is 18.8. The Morgan fingerprint density at radius 2 is 1.62 bits per heavy atom. The Morgan fingerprint density at radius 3 is 2.23 bits per heavy atom. The number of hydrogen-bond acceptors (Lipinski definition) is 7. The number of nitrogens with zero attached hydrogens (tertiary/aromatic N) is 1. The van der Waals surface area contributed by atoms with Crippen molar-refractivity contribution in [2.24, 2.45) is 0 Å². The minimum atomic E-state index is -0.954. The van der Waals surface area contributed by atoms with Gasteiger partial charge in [0.15, 0.2) is 11.9 Å². The average molecular weight is 532 g/mol. The minimum Gasteiger partial charge on any atom is -0.451 e. The summed E-state index contributed by atoms with van der Waals surface area (Å²) in [6.07, 6.45) is 0.720. The number of allylic oxidation sites excluding steroid dienone is 1. The van der Waals surface area contributed by atoms with Gasteiger partial charge in [-0.25, -0.2) is 4.79 Å². The SMILES string of the molecule is C=CCC[C@H](OCc1ccccc1)[C@H]1OC(C)(C)O[C@@H]1[C@@H](OC(=O)c1ccc([N+](=O)[O-])cc1)c1ccccc1. The van der Waals surface area contributed by atoms with Crippen molar-refractivity contribution in [3.8, 4) is 0 Å². The number of hydrogen-bond donors (Lipinski definition) is 0. The van der Waals surface area contributed by atoms with E-state index in [1.807, 2.05) is 80.6 Å². The topological polar surface area (TPSA) is 97.1 Å². The van der Waals surface area contributed by atoms with Crippen molar-refractivity contribution in [1.29, 1.82) is 0 Å². The van der Waals surface area contributed by atoms with Gasteiger partial charge < -0.3 is 18.9 Å². The molecule has 0 aliphatic carbocycles. The van der Waals surface area contributed by atoms with Crippen LogP contribution in [0.4, 0.5) is 5.69 Å². The highest BCUT2D eigenvalue weighted by Gasteiger charge is 2.50. The molecule has 0 bridgehead atoms. The fourth-order valence-electron chi connectivity index (χ4n) is 4.61. The highest BCUT2D eigenvalue weighted by Crippen LogP contribution is 2.40. The van der Waals surface area contributed by atoms with Gasteiger partial charge in [0.1, 0.15) is 12.2 Å². The molecule has 0 radical (unpaired) electrons. The molecule has 39 heavy (non-hydrogen) atoms. The van der Waals surface area contributed by atoms with Crippen LogP contribution in [-0.4, -0.2) is 35.0 Å². The van der Waals surface area contributed by atoms with Crippen molar-refractivity contribution in [3.63, 3.8) is 0 Å². The molecule has 0 saturated carbocycles. The highest BCUT2D eigenvalue weighted by atomic mass is 16.8. The van der Waals surface area contributed by atoms with Crippen molar-refractivity contribution in [2.75, 3.05) is 0 Å². The molecule has 0 unspecified atom stereocenters. The summed E-state index contributed by atoms with van der Waals surface area (Å²) in [5, 5.41) is 11.0. The molecule has 3 aromatic carbocycles. The van der Waals surface area contributed by atoms with Crippen molar-refractivity contribution < 1.29 is 28.7 Å². The third kappa shape index (κ3) is 7.38. The van der Waals surface area contributed by atoms with Crippen LogP contribution in [0.3, 0.4) is 0 Å². The zero-order valence-electron chi connectivity index (χ0n) is 22.1. The van der Waals surface area contributed by atoms with Crippen molar-refractivity contribution in [1.82, 2.24) is 0 Å². The van der Waals surface area contributed by atoms with Gasteiger partial charge in [-0.05, 0) is 49.9 Å². The summed E-state index contributed by atoms with van der Waals surface area (Å²) < 4.78 is 25.2. The number of benzene rings is 3. The van der Waals surface area contributed by atoms with E-state index in [2.05, 4.69) is 6.58 Å². The fraction of sp³-hybridized carbons (Fsp3) is 0.323. The van der Waals surface area contributed by atoms with Crippen LogP contribution in [0, 0.1) is 10.1 Å². The van der Waals surface area contributed by atoms with E-state index >= 15 is 0 Å². The second-order valence-corrected chi connectivity index (χ2v) is 9.81. The Kier molecular flexibility index (Phi) is 9.24. The highest BCUT2D eigenvalue weighted by molar-refractivity contribution is 5.89. The second-order valence-electron chi connectivity index (χ2n) is 9.81. The zero-order chi connectivity index (χ0) is 27.8. The largest absolute Gasteiger partial charge is 0.451 e. The summed E-state index contributed by atoms with van der Waals surface area (Å²) in [4.78, 5) is 23.8. The number of esters is 1. The molecule has 0 N–H and O–H groups in total. The summed E-state index contributed by atoms with van der Waals surface area (Å²) in [5.41, 5.74) is 1.84. The van der Waals surface area contributed by atoms with E-state index in [1.54, 1.807) is 0 Å². The predicted octanol–water partition coefficient (Wildman–Crippen LogP) is 6.56. The monoisotopic (exact) mass is 531 g/mol. The van der Waals surface area contributed by atoms with Crippen LogP contribution in [0.25, 0.3) is 0 Å². The number of nitro groups is 1. The van der Waals surface area contributed by atoms with E-state index in [1.165, 1.54) is 24.3 Å². The molecular formula is C31H33NO7. The smallest absolute Gasteiger partial charge is 0.338 e. The Hall–Kier alpha value is -3.85. The lowest BCUT2D eigenvalue weighted by molar-refractivity contribution is -0.384. The van der Waals surface area contributed by atoms with Gasteiger partial charge in [-0.2, -0.15) is 0 Å². The molecule has 1 saturated heterocycles. The molecule has 4 atom stereocenters.